The van der Waals surface area contributed by atoms with E-state index in [2.05, 4.69) is 0 Å². The first kappa shape index (κ1) is 19.9. The number of para-hydroxylation sites is 1. The predicted molar refractivity (Wildman–Crippen MR) is 114 cm³/mol. The molecule has 1 aliphatic rings. The van der Waals surface area contributed by atoms with Crippen LogP contribution in [0.25, 0.3) is 0 Å². The van der Waals surface area contributed by atoms with Gasteiger partial charge in [0.15, 0.2) is 5.78 Å². The summed E-state index contributed by atoms with van der Waals surface area (Å²) < 4.78 is 5.40. The summed E-state index contributed by atoms with van der Waals surface area (Å²) in [5.74, 6) is -0.609. The Labute approximate surface area is 175 Å². The molecule has 2 unspecified atom stereocenters. The van der Waals surface area contributed by atoms with Gasteiger partial charge in [-0.1, -0.05) is 78.9 Å². The largest absolute Gasteiger partial charge is 0.464 e. The van der Waals surface area contributed by atoms with Crippen molar-refractivity contribution in [2.75, 3.05) is 11.7 Å². The summed E-state index contributed by atoms with van der Waals surface area (Å²) in [6.07, 6.45) is 0.151. The average Bonchev–Trinajstić information content (AvgIpc) is 3.23. The van der Waals surface area contributed by atoms with Crippen molar-refractivity contribution in [2.45, 2.75) is 25.0 Å². The van der Waals surface area contributed by atoms with Crippen LogP contribution < -0.4 is 5.06 Å². The van der Waals surface area contributed by atoms with Crippen LogP contribution in [0, 0.1) is 0 Å². The van der Waals surface area contributed by atoms with Gasteiger partial charge in [0.2, 0.25) is 5.60 Å². The van der Waals surface area contributed by atoms with Crippen LogP contribution in [0.15, 0.2) is 91.0 Å². The molecule has 0 saturated carbocycles. The van der Waals surface area contributed by atoms with Gasteiger partial charge in [0.05, 0.1) is 12.3 Å². The van der Waals surface area contributed by atoms with E-state index in [0.29, 0.717) is 16.8 Å². The number of anilines is 1. The van der Waals surface area contributed by atoms with Crippen LogP contribution in [-0.4, -0.2) is 24.4 Å². The summed E-state index contributed by atoms with van der Waals surface area (Å²) in [5, 5.41) is 1.55. The van der Waals surface area contributed by atoms with Gasteiger partial charge in [0, 0.05) is 12.0 Å². The topological polar surface area (TPSA) is 55.8 Å². The van der Waals surface area contributed by atoms with Gasteiger partial charge >= 0.3 is 5.97 Å². The summed E-state index contributed by atoms with van der Waals surface area (Å²) in [4.78, 5) is 32.9. The van der Waals surface area contributed by atoms with Crippen molar-refractivity contribution in [2.24, 2.45) is 0 Å². The second-order valence-electron chi connectivity index (χ2n) is 7.12. The van der Waals surface area contributed by atoms with E-state index in [0.717, 1.165) is 0 Å². The number of hydrogen-bond acceptors (Lipinski definition) is 5. The number of carbonyl (C=O) groups excluding carboxylic acids is 2. The molecule has 3 aromatic rings. The first-order chi connectivity index (χ1) is 14.7. The number of benzene rings is 3. The Morgan fingerprint density at radius 3 is 2.10 bits per heavy atom. The minimum Gasteiger partial charge on any atom is -0.464 e. The minimum absolute atomic E-state index is 0.110. The van der Waals surface area contributed by atoms with E-state index in [-0.39, 0.29) is 18.8 Å². The van der Waals surface area contributed by atoms with Crippen LogP contribution in [-0.2, 0) is 20.0 Å². The van der Waals surface area contributed by atoms with E-state index in [4.69, 9.17) is 9.57 Å². The molecular weight excluding hydrogens is 378 g/mol. The van der Waals surface area contributed by atoms with E-state index in [1.807, 2.05) is 78.9 Å². The molecule has 5 nitrogen and oxygen atoms in total. The summed E-state index contributed by atoms with van der Waals surface area (Å²) in [7, 11) is 0. The van der Waals surface area contributed by atoms with Crippen molar-refractivity contribution < 1.29 is 19.2 Å². The molecule has 1 fully saturated rings. The zero-order valence-electron chi connectivity index (χ0n) is 16.7. The molecule has 1 aliphatic heterocycles. The Kier molecular flexibility index (Phi) is 5.63. The lowest BCUT2D eigenvalue weighted by Gasteiger charge is -2.28. The molecule has 0 aromatic heterocycles. The number of carbonyl (C=O) groups is 2. The normalized spacial score (nSPS) is 20.7. The van der Waals surface area contributed by atoms with Gasteiger partial charge in [0.1, 0.15) is 6.04 Å². The lowest BCUT2D eigenvalue weighted by molar-refractivity contribution is -0.169. The highest BCUT2D eigenvalue weighted by molar-refractivity contribution is 6.03. The minimum atomic E-state index is -1.40. The van der Waals surface area contributed by atoms with Crippen LogP contribution in [0.2, 0.25) is 0 Å². The molecule has 0 spiro atoms. The molecule has 0 aliphatic carbocycles. The fourth-order valence-electron chi connectivity index (χ4n) is 3.79. The van der Waals surface area contributed by atoms with Crippen molar-refractivity contribution in [3.8, 4) is 0 Å². The number of hydrogen-bond donors (Lipinski definition) is 0. The van der Waals surface area contributed by atoms with Crippen LogP contribution in [0.5, 0.6) is 0 Å². The van der Waals surface area contributed by atoms with Crippen molar-refractivity contribution in [1.29, 1.82) is 0 Å². The lowest BCUT2D eigenvalue weighted by Crippen LogP contribution is -2.38. The molecule has 2 atom stereocenters. The van der Waals surface area contributed by atoms with Gasteiger partial charge in [-0.25, -0.2) is 14.7 Å². The molecule has 1 heterocycles. The Hall–Kier alpha value is -3.44. The number of esters is 1. The zero-order valence-corrected chi connectivity index (χ0v) is 16.7. The summed E-state index contributed by atoms with van der Waals surface area (Å²) in [6.45, 7) is 1.98. The number of rotatable bonds is 6. The molecule has 5 heteroatoms. The van der Waals surface area contributed by atoms with Crippen LogP contribution in [0.1, 0.15) is 29.3 Å². The first-order valence-electron chi connectivity index (χ1n) is 10.0. The zero-order chi connectivity index (χ0) is 21.0. The number of ketones is 1. The average molecular weight is 401 g/mol. The maximum Gasteiger partial charge on any atom is 0.346 e. The third kappa shape index (κ3) is 3.60. The highest BCUT2D eigenvalue weighted by Crippen LogP contribution is 2.43. The predicted octanol–water partition coefficient (Wildman–Crippen LogP) is 4.54. The summed E-state index contributed by atoms with van der Waals surface area (Å²) in [6, 6.07) is 27.0. The number of ether oxygens (including phenoxy) is 1. The maximum absolute atomic E-state index is 13.5. The molecule has 0 amide bonds. The van der Waals surface area contributed by atoms with E-state index in [9.17, 15) is 9.59 Å². The Balaban J connectivity index is 1.81. The van der Waals surface area contributed by atoms with Gasteiger partial charge in [0.25, 0.3) is 0 Å². The highest BCUT2D eigenvalue weighted by Gasteiger charge is 2.56. The van der Waals surface area contributed by atoms with Crippen molar-refractivity contribution in [1.82, 2.24) is 0 Å². The fraction of sp³-hybridized carbons (Fsp3) is 0.200. The molecule has 30 heavy (non-hydrogen) atoms. The lowest BCUT2D eigenvalue weighted by atomic mass is 9.86. The second-order valence-corrected chi connectivity index (χ2v) is 7.12. The number of nitrogens with zero attached hydrogens (tertiary/aromatic N) is 1. The van der Waals surface area contributed by atoms with Crippen molar-refractivity contribution in [3.63, 3.8) is 0 Å². The summed E-state index contributed by atoms with van der Waals surface area (Å²) in [5.41, 5.74) is 0.531. The maximum atomic E-state index is 13.5. The van der Waals surface area contributed by atoms with E-state index < -0.39 is 17.6 Å². The van der Waals surface area contributed by atoms with Crippen LogP contribution >= 0.6 is 0 Å². The molecule has 0 bridgehead atoms. The van der Waals surface area contributed by atoms with Gasteiger partial charge in [-0.2, -0.15) is 0 Å². The molecule has 0 N–H and O–H groups in total. The van der Waals surface area contributed by atoms with E-state index >= 15 is 0 Å². The highest BCUT2D eigenvalue weighted by atomic mass is 16.7. The molecular formula is C25H23NO4. The van der Waals surface area contributed by atoms with Gasteiger partial charge in [-0.3, -0.25) is 4.79 Å². The SMILES string of the molecule is CCOC(=O)C1(c2ccccc2)CC(C(=O)c2ccccc2)N(c2ccccc2)O1. The Bertz CT molecular complexity index is 1010. The quantitative estimate of drug-likeness (QED) is 0.448. The molecule has 4 rings (SSSR count). The third-order valence-corrected chi connectivity index (χ3v) is 5.23. The van der Waals surface area contributed by atoms with E-state index in [1.165, 1.54) is 0 Å². The molecule has 152 valence electrons. The number of hydroxylamine groups is 1. The monoisotopic (exact) mass is 401 g/mol. The summed E-state index contributed by atoms with van der Waals surface area (Å²) >= 11 is 0. The molecule has 3 aromatic carbocycles. The fourth-order valence-corrected chi connectivity index (χ4v) is 3.79. The van der Waals surface area contributed by atoms with Gasteiger partial charge < -0.3 is 4.74 Å². The number of Topliss-reactive ketones (excluding diaryl/α,β-unsaturated/α-hetero) is 1. The van der Waals surface area contributed by atoms with Gasteiger partial charge in [-0.05, 0) is 24.6 Å². The van der Waals surface area contributed by atoms with Gasteiger partial charge in [-0.15, -0.1) is 0 Å². The van der Waals surface area contributed by atoms with Crippen molar-refractivity contribution >= 4 is 17.4 Å². The Morgan fingerprint density at radius 2 is 1.50 bits per heavy atom. The van der Waals surface area contributed by atoms with Crippen LogP contribution in [0.4, 0.5) is 5.69 Å². The van der Waals surface area contributed by atoms with Crippen LogP contribution in [0.3, 0.4) is 0 Å². The second kappa shape index (κ2) is 8.51. The Morgan fingerprint density at radius 1 is 0.933 bits per heavy atom. The first-order valence-corrected chi connectivity index (χ1v) is 10.0. The third-order valence-electron chi connectivity index (χ3n) is 5.23. The smallest absolute Gasteiger partial charge is 0.346 e. The van der Waals surface area contributed by atoms with Crippen molar-refractivity contribution in [3.05, 3.63) is 102 Å². The van der Waals surface area contributed by atoms with E-state index in [1.54, 1.807) is 24.1 Å². The molecule has 0 radical (unpaired) electrons. The standard InChI is InChI=1S/C25H23NO4/c1-2-29-24(28)25(20-14-8-4-9-15-20)18-22(23(27)19-12-6-3-7-13-19)26(30-25)21-16-10-5-11-17-21/h3-17,22H,2,18H2,1H3. The molecule has 1 saturated heterocycles.